The Bertz CT molecular complexity index is 766. The summed E-state index contributed by atoms with van der Waals surface area (Å²) < 4.78 is 2.13. The topological polar surface area (TPSA) is 50.1 Å². The Morgan fingerprint density at radius 1 is 1.22 bits per heavy atom. The average Bonchev–Trinajstić information content (AvgIpc) is 3.16. The molecule has 3 rings (SSSR count). The summed E-state index contributed by atoms with van der Waals surface area (Å²) in [6.07, 6.45) is 0.277. The van der Waals surface area contributed by atoms with Crippen molar-refractivity contribution in [3.63, 3.8) is 0 Å². The number of imidazole rings is 1. The van der Waals surface area contributed by atoms with E-state index >= 15 is 0 Å². The molecule has 2 N–H and O–H groups in total. The summed E-state index contributed by atoms with van der Waals surface area (Å²) in [5.41, 5.74) is 2.16. The van der Waals surface area contributed by atoms with E-state index in [9.17, 15) is 5.11 Å². The van der Waals surface area contributed by atoms with Gasteiger partial charge < -0.3 is 15.0 Å². The third-order valence-electron chi connectivity index (χ3n) is 4.19. The molecule has 0 bridgehead atoms. The Labute approximate surface area is 140 Å². The van der Waals surface area contributed by atoms with E-state index < -0.39 is 6.10 Å². The van der Waals surface area contributed by atoms with Crippen LogP contribution in [0.15, 0.2) is 41.8 Å². The Kier molecular flexibility index (Phi) is 4.80. The number of para-hydroxylation sites is 2. The minimum absolute atomic E-state index is 0.123. The highest BCUT2D eigenvalue weighted by molar-refractivity contribution is 7.10. The number of nitrogens with zero attached hydrogens (tertiary/aromatic N) is 2. The van der Waals surface area contributed by atoms with Crippen LogP contribution in [0.4, 0.5) is 0 Å². The third kappa shape index (κ3) is 3.47. The van der Waals surface area contributed by atoms with Crippen LogP contribution in [-0.2, 0) is 7.05 Å². The number of nitrogens with one attached hydrogen (secondary N) is 1. The first-order valence-electron chi connectivity index (χ1n) is 7.95. The van der Waals surface area contributed by atoms with Gasteiger partial charge >= 0.3 is 0 Å². The smallest absolute Gasteiger partial charge is 0.126 e. The first-order valence-corrected chi connectivity index (χ1v) is 8.83. The number of aryl methyl sites for hydroxylation is 1. The molecule has 2 heterocycles. The van der Waals surface area contributed by atoms with Crippen molar-refractivity contribution in [2.45, 2.75) is 38.5 Å². The molecule has 0 amide bonds. The summed E-state index contributed by atoms with van der Waals surface area (Å²) in [6.45, 7) is 4.23. The highest BCUT2D eigenvalue weighted by Gasteiger charge is 2.19. The van der Waals surface area contributed by atoms with Crippen molar-refractivity contribution >= 4 is 22.4 Å². The molecule has 0 saturated carbocycles. The van der Waals surface area contributed by atoms with E-state index in [1.54, 1.807) is 11.3 Å². The average molecular weight is 329 g/mol. The predicted octanol–water partition coefficient (Wildman–Crippen LogP) is 3.80. The van der Waals surface area contributed by atoms with Crippen LogP contribution in [0.25, 0.3) is 11.0 Å². The summed E-state index contributed by atoms with van der Waals surface area (Å²) in [5.74, 6) is 1.02. The van der Waals surface area contributed by atoms with Gasteiger partial charge in [-0.1, -0.05) is 18.2 Å². The number of aliphatic hydroxyl groups excluding tert-OH is 1. The van der Waals surface area contributed by atoms with E-state index in [1.165, 1.54) is 0 Å². The molecule has 3 unspecified atom stereocenters. The molecule has 0 aliphatic carbocycles. The van der Waals surface area contributed by atoms with Gasteiger partial charge in [-0.3, -0.25) is 0 Å². The highest BCUT2D eigenvalue weighted by atomic mass is 32.1. The molecule has 3 atom stereocenters. The van der Waals surface area contributed by atoms with Crippen molar-refractivity contribution in [3.8, 4) is 0 Å². The zero-order valence-electron chi connectivity index (χ0n) is 13.7. The molecule has 0 spiro atoms. The van der Waals surface area contributed by atoms with Gasteiger partial charge in [0.2, 0.25) is 0 Å². The van der Waals surface area contributed by atoms with Gasteiger partial charge in [0.1, 0.15) is 5.82 Å². The van der Waals surface area contributed by atoms with Crippen LogP contribution in [-0.4, -0.2) is 20.7 Å². The maximum Gasteiger partial charge on any atom is 0.126 e. The van der Waals surface area contributed by atoms with E-state index in [4.69, 9.17) is 4.98 Å². The maximum atomic E-state index is 10.3. The normalized spacial score (nSPS) is 15.7. The van der Waals surface area contributed by atoms with E-state index in [1.807, 2.05) is 42.8 Å². The molecule has 1 aromatic carbocycles. The van der Waals surface area contributed by atoms with Gasteiger partial charge in [-0.25, -0.2) is 4.98 Å². The summed E-state index contributed by atoms with van der Waals surface area (Å²) in [7, 11) is 2.05. The number of benzene rings is 1. The van der Waals surface area contributed by atoms with Gasteiger partial charge in [-0.2, -0.15) is 0 Å². The van der Waals surface area contributed by atoms with Crippen molar-refractivity contribution in [3.05, 3.63) is 52.5 Å². The van der Waals surface area contributed by atoms with Crippen molar-refractivity contribution in [2.75, 3.05) is 0 Å². The molecule has 0 fully saturated rings. The summed E-state index contributed by atoms with van der Waals surface area (Å²) in [5, 5.41) is 15.8. The van der Waals surface area contributed by atoms with E-state index in [0.717, 1.165) is 21.7 Å². The molecule has 23 heavy (non-hydrogen) atoms. The fourth-order valence-electron chi connectivity index (χ4n) is 3.05. The fraction of sp³-hybridized carbons (Fsp3) is 0.389. The van der Waals surface area contributed by atoms with Crippen molar-refractivity contribution in [2.24, 2.45) is 7.05 Å². The Balaban J connectivity index is 1.68. The number of rotatable bonds is 6. The molecule has 0 saturated heterocycles. The molecular weight excluding hydrogens is 306 g/mol. The van der Waals surface area contributed by atoms with Crippen LogP contribution in [0, 0.1) is 0 Å². The van der Waals surface area contributed by atoms with Gasteiger partial charge in [-0.15, -0.1) is 11.3 Å². The zero-order valence-corrected chi connectivity index (χ0v) is 14.5. The summed E-state index contributed by atoms with van der Waals surface area (Å²) >= 11 is 1.60. The zero-order chi connectivity index (χ0) is 16.4. The number of fused-ring (bicyclic) bond motifs is 1. The van der Waals surface area contributed by atoms with Gasteiger partial charge in [0.05, 0.1) is 23.2 Å². The van der Waals surface area contributed by atoms with Crippen LogP contribution >= 0.6 is 11.3 Å². The maximum absolute atomic E-state index is 10.3. The number of aromatic nitrogens is 2. The van der Waals surface area contributed by atoms with Crippen molar-refractivity contribution in [1.82, 2.24) is 14.9 Å². The van der Waals surface area contributed by atoms with Crippen molar-refractivity contribution in [1.29, 1.82) is 0 Å². The lowest BCUT2D eigenvalue weighted by Crippen LogP contribution is -2.31. The standard InChI is InChI=1S/C18H23N3OS/c1-12(11-16(22)17-9-6-10-23-17)19-13(2)18-20-14-7-4-5-8-15(14)21(18)3/h4-10,12-13,16,19,22H,11H2,1-3H3. The Morgan fingerprint density at radius 3 is 2.70 bits per heavy atom. The molecule has 0 aliphatic heterocycles. The summed E-state index contributed by atoms with van der Waals surface area (Å²) in [6, 6.07) is 12.4. The van der Waals surface area contributed by atoms with Gasteiger partial charge in [-0.05, 0) is 43.8 Å². The molecule has 122 valence electrons. The monoisotopic (exact) mass is 329 g/mol. The first-order chi connectivity index (χ1) is 11.1. The number of hydrogen-bond donors (Lipinski definition) is 2. The molecule has 0 aliphatic rings. The second-order valence-electron chi connectivity index (χ2n) is 6.07. The van der Waals surface area contributed by atoms with Crippen LogP contribution in [0.2, 0.25) is 0 Å². The Morgan fingerprint density at radius 2 is 2.00 bits per heavy atom. The minimum Gasteiger partial charge on any atom is -0.388 e. The number of hydrogen-bond acceptors (Lipinski definition) is 4. The molecule has 0 radical (unpaired) electrons. The van der Waals surface area contributed by atoms with Gasteiger partial charge in [0.15, 0.2) is 0 Å². The van der Waals surface area contributed by atoms with Crippen LogP contribution in [0.3, 0.4) is 0 Å². The number of thiophene rings is 1. The van der Waals surface area contributed by atoms with Crippen LogP contribution in [0.1, 0.15) is 43.1 Å². The molecule has 4 nitrogen and oxygen atoms in total. The van der Waals surface area contributed by atoms with Gasteiger partial charge in [0, 0.05) is 18.0 Å². The van der Waals surface area contributed by atoms with E-state index in [2.05, 4.69) is 29.8 Å². The highest BCUT2D eigenvalue weighted by Crippen LogP contribution is 2.24. The van der Waals surface area contributed by atoms with Gasteiger partial charge in [0.25, 0.3) is 0 Å². The lowest BCUT2D eigenvalue weighted by Gasteiger charge is -2.21. The second-order valence-corrected chi connectivity index (χ2v) is 7.05. The van der Waals surface area contributed by atoms with Crippen LogP contribution < -0.4 is 5.32 Å². The lowest BCUT2D eigenvalue weighted by atomic mass is 10.1. The Hall–Kier alpha value is -1.69. The summed E-state index contributed by atoms with van der Waals surface area (Å²) in [4.78, 5) is 5.76. The molecule has 5 heteroatoms. The largest absolute Gasteiger partial charge is 0.388 e. The van der Waals surface area contributed by atoms with E-state index in [-0.39, 0.29) is 12.1 Å². The first kappa shape index (κ1) is 16.2. The van der Waals surface area contributed by atoms with E-state index in [0.29, 0.717) is 6.42 Å². The third-order valence-corrected chi connectivity index (χ3v) is 5.17. The predicted molar refractivity (Wildman–Crippen MR) is 95.6 cm³/mol. The minimum atomic E-state index is -0.412. The number of aliphatic hydroxyl groups is 1. The SMILES string of the molecule is CC(CC(O)c1cccs1)NC(C)c1nc2ccccc2n1C. The fourth-order valence-corrected chi connectivity index (χ4v) is 3.78. The van der Waals surface area contributed by atoms with Crippen molar-refractivity contribution < 1.29 is 5.11 Å². The molecule has 2 aromatic heterocycles. The van der Waals surface area contributed by atoms with Crippen LogP contribution in [0.5, 0.6) is 0 Å². The molecule has 3 aromatic rings. The second kappa shape index (κ2) is 6.83. The lowest BCUT2D eigenvalue weighted by molar-refractivity contribution is 0.155. The quantitative estimate of drug-likeness (QED) is 0.723. The molecular formula is C18H23N3OS.